The molecular weight excluding hydrogens is 376 g/mol. The van der Waals surface area contributed by atoms with Crippen LogP contribution in [0.3, 0.4) is 0 Å². The maximum Gasteiger partial charge on any atom is 0.328 e. The summed E-state index contributed by atoms with van der Waals surface area (Å²) in [5.74, 6) is 0.0826. The van der Waals surface area contributed by atoms with E-state index >= 15 is 0 Å². The van der Waals surface area contributed by atoms with Crippen LogP contribution in [0.4, 0.5) is 0 Å². The monoisotopic (exact) mass is 404 g/mol. The smallest absolute Gasteiger partial charge is 0.328 e. The number of piperidine rings is 2. The first-order valence-electron chi connectivity index (χ1n) is 10.4. The van der Waals surface area contributed by atoms with Gasteiger partial charge in [-0.15, -0.1) is 0 Å². The zero-order valence-corrected chi connectivity index (χ0v) is 16.6. The lowest BCUT2D eigenvalue weighted by Crippen LogP contribution is -2.54. The van der Waals surface area contributed by atoms with Crippen molar-refractivity contribution in [3.05, 3.63) is 33.1 Å². The van der Waals surface area contributed by atoms with Gasteiger partial charge in [0, 0.05) is 51.5 Å². The summed E-state index contributed by atoms with van der Waals surface area (Å²) in [5, 5.41) is 0. The van der Waals surface area contributed by atoms with Gasteiger partial charge in [-0.1, -0.05) is 0 Å². The van der Waals surface area contributed by atoms with E-state index in [1.54, 1.807) is 4.90 Å². The Balaban J connectivity index is 1.34. The summed E-state index contributed by atoms with van der Waals surface area (Å²) >= 11 is 0. The molecule has 0 aliphatic carbocycles. The number of likely N-dealkylation sites (tertiary alicyclic amines) is 2. The van der Waals surface area contributed by atoms with E-state index < -0.39 is 11.2 Å². The summed E-state index contributed by atoms with van der Waals surface area (Å²) in [6, 6.07) is 1.24. The number of nitrogens with zero attached hydrogens (tertiary/aromatic N) is 3. The predicted molar refractivity (Wildman–Crippen MR) is 104 cm³/mol. The SMILES string of the molecule is O=C(Cn1ccc(=O)[nH]c1=O)N1CCC2(CCC(=O)N(CC3CCCO3)C2)CC1. The molecule has 2 amide bonds. The third kappa shape index (κ3) is 4.44. The number of nitrogens with one attached hydrogen (secondary N) is 1. The van der Waals surface area contributed by atoms with Gasteiger partial charge in [-0.3, -0.25) is 23.9 Å². The first kappa shape index (κ1) is 19.9. The number of carbonyl (C=O) groups excluding carboxylic acids is 2. The molecule has 29 heavy (non-hydrogen) atoms. The Morgan fingerprint density at radius 3 is 2.69 bits per heavy atom. The molecular formula is C20H28N4O5. The average molecular weight is 404 g/mol. The highest BCUT2D eigenvalue weighted by Gasteiger charge is 2.42. The molecule has 0 bridgehead atoms. The Bertz CT molecular complexity index is 877. The van der Waals surface area contributed by atoms with Crippen LogP contribution < -0.4 is 11.2 Å². The molecule has 3 aliphatic rings. The van der Waals surface area contributed by atoms with Crippen molar-refractivity contribution in [2.24, 2.45) is 5.41 Å². The number of hydrogen-bond acceptors (Lipinski definition) is 5. The van der Waals surface area contributed by atoms with E-state index in [2.05, 4.69) is 4.98 Å². The lowest BCUT2D eigenvalue weighted by molar-refractivity contribution is -0.144. The van der Waals surface area contributed by atoms with Crippen LogP contribution in [0.1, 0.15) is 38.5 Å². The molecule has 9 nitrogen and oxygen atoms in total. The van der Waals surface area contributed by atoms with Crippen LogP contribution in [0, 0.1) is 5.41 Å². The molecule has 1 N–H and O–H groups in total. The highest BCUT2D eigenvalue weighted by molar-refractivity contribution is 5.77. The van der Waals surface area contributed by atoms with Gasteiger partial charge in [0.15, 0.2) is 0 Å². The second kappa shape index (κ2) is 8.14. The summed E-state index contributed by atoms with van der Waals surface area (Å²) in [7, 11) is 0. The Kier molecular flexibility index (Phi) is 5.58. The molecule has 0 aromatic carbocycles. The maximum absolute atomic E-state index is 12.6. The van der Waals surface area contributed by atoms with Crippen molar-refractivity contribution in [3.8, 4) is 0 Å². The zero-order chi connectivity index (χ0) is 20.4. The summed E-state index contributed by atoms with van der Waals surface area (Å²) in [6.45, 7) is 3.38. The van der Waals surface area contributed by atoms with Crippen LogP contribution in [0.15, 0.2) is 21.9 Å². The van der Waals surface area contributed by atoms with Crippen molar-refractivity contribution >= 4 is 11.8 Å². The zero-order valence-electron chi connectivity index (χ0n) is 16.6. The molecule has 4 rings (SSSR count). The van der Waals surface area contributed by atoms with E-state index in [1.165, 1.54) is 16.8 Å². The molecule has 1 aromatic heterocycles. The van der Waals surface area contributed by atoms with Crippen LogP contribution in [-0.4, -0.2) is 70.1 Å². The number of rotatable bonds is 4. The van der Waals surface area contributed by atoms with Crippen LogP contribution in [0.2, 0.25) is 0 Å². The van der Waals surface area contributed by atoms with Crippen molar-refractivity contribution in [3.63, 3.8) is 0 Å². The van der Waals surface area contributed by atoms with Crippen LogP contribution >= 0.6 is 0 Å². The number of ether oxygens (including phenoxy) is 1. The Morgan fingerprint density at radius 1 is 1.21 bits per heavy atom. The molecule has 3 aliphatic heterocycles. The van der Waals surface area contributed by atoms with Crippen LogP contribution in [0.25, 0.3) is 0 Å². The third-order valence-electron chi connectivity index (χ3n) is 6.58. The van der Waals surface area contributed by atoms with Crippen molar-refractivity contribution in [1.29, 1.82) is 0 Å². The van der Waals surface area contributed by atoms with Gasteiger partial charge in [0.25, 0.3) is 5.56 Å². The first-order valence-corrected chi connectivity index (χ1v) is 10.4. The highest BCUT2D eigenvalue weighted by atomic mass is 16.5. The number of carbonyl (C=O) groups is 2. The second-order valence-corrected chi connectivity index (χ2v) is 8.53. The summed E-state index contributed by atoms with van der Waals surface area (Å²) in [5.41, 5.74) is -0.981. The second-order valence-electron chi connectivity index (χ2n) is 8.53. The topological polar surface area (TPSA) is 105 Å². The molecule has 0 radical (unpaired) electrons. The van der Waals surface area contributed by atoms with Gasteiger partial charge in [0.1, 0.15) is 6.54 Å². The maximum atomic E-state index is 12.6. The minimum Gasteiger partial charge on any atom is -0.376 e. The molecule has 0 saturated carbocycles. The number of aromatic nitrogens is 2. The average Bonchev–Trinajstić information content (AvgIpc) is 3.21. The van der Waals surface area contributed by atoms with Crippen molar-refractivity contribution in [2.75, 3.05) is 32.8 Å². The van der Waals surface area contributed by atoms with Crippen molar-refractivity contribution in [1.82, 2.24) is 19.4 Å². The third-order valence-corrected chi connectivity index (χ3v) is 6.58. The molecule has 1 aromatic rings. The van der Waals surface area contributed by atoms with Crippen LogP contribution in [0.5, 0.6) is 0 Å². The molecule has 158 valence electrons. The van der Waals surface area contributed by atoms with E-state index in [-0.39, 0.29) is 29.9 Å². The van der Waals surface area contributed by atoms with E-state index in [1.807, 2.05) is 4.90 Å². The summed E-state index contributed by atoms with van der Waals surface area (Å²) < 4.78 is 6.92. The minimum absolute atomic E-state index is 0.0676. The normalized spacial score (nSPS) is 24.3. The largest absolute Gasteiger partial charge is 0.376 e. The molecule has 1 unspecified atom stereocenters. The van der Waals surface area contributed by atoms with Gasteiger partial charge in [0.2, 0.25) is 11.8 Å². The molecule has 1 atom stereocenters. The fourth-order valence-corrected chi connectivity index (χ4v) is 4.76. The molecule has 4 heterocycles. The Hall–Kier alpha value is -2.42. The van der Waals surface area contributed by atoms with E-state index in [0.29, 0.717) is 26.1 Å². The quantitative estimate of drug-likeness (QED) is 0.757. The number of H-pyrrole nitrogens is 1. The Morgan fingerprint density at radius 2 is 2.00 bits per heavy atom. The van der Waals surface area contributed by atoms with E-state index in [9.17, 15) is 19.2 Å². The first-order chi connectivity index (χ1) is 13.9. The van der Waals surface area contributed by atoms with Gasteiger partial charge in [-0.05, 0) is 37.5 Å². The lowest BCUT2D eigenvalue weighted by atomic mass is 9.72. The van der Waals surface area contributed by atoms with Gasteiger partial charge < -0.3 is 14.5 Å². The summed E-state index contributed by atoms with van der Waals surface area (Å²) in [4.78, 5) is 53.9. The van der Waals surface area contributed by atoms with Gasteiger partial charge >= 0.3 is 5.69 Å². The molecule has 3 saturated heterocycles. The predicted octanol–water partition coefficient (Wildman–Crippen LogP) is -0.0532. The highest BCUT2D eigenvalue weighted by Crippen LogP contribution is 2.40. The lowest BCUT2D eigenvalue weighted by Gasteiger charge is -2.47. The molecule has 3 fully saturated rings. The van der Waals surface area contributed by atoms with Gasteiger partial charge in [-0.2, -0.15) is 0 Å². The van der Waals surface area contributed by atoms with Crippen LogP contribution in [-0.2, 0) is 20.9 Å². The number of aromatic amines is 1. The Labute approximate surface area is 168 Å². The van der Waals surface area contributed by atoms with Gasteiger partial charge in [-0.25, -0.2) is 4.79 Å². The van der Waals surface area contributed by atoms with E-state index in [0.717, 1.165) is 45.3 Å². The van der Waals surface area contributed by atoms with Crippen molar-refractivity contribution in [2.45, 2.75) is 51.2 Å². The fraction of sp³-hybridized carbons (Fsp3) is 0.700. The standard InChI is InChI=1S/C20H28N4O5/c25-16-4-8-23(19(28)21-16)13-18(27)22-9-6-20(7-10-22)5-3-17(26)24(14-20)12-15-2-1-11-29-15/h4,8,15H,1-3,5-7,9-14H2,(H,21,25,28). The fourth-order valence-electron chi connectivity index (χ4n) is 4.76. The summed E-state index contributed by atoms with van der Waals surface area (Å²) in [6.07, 6.45) is 6.73. The minimum atomic E-state index is -0.574. The number of amides is 2. The van der Waals surface area contributed by atoms with Gasteiger partial charge in [0.05, 0.1) is 6.10 Å². The number of hydrogen-bond donors (Lipinski definition) is 1. The van der Waals surface area contributed by atoms with Crippen molar-refractivity contribution < 1.29 is 14.3 Å². The molecule has 1 spiro atoms. The van der Waals surface area contributed by atoms with E-state index in [4.69, 9.17) is 4.74 Å². The molecule has 9 heteroatoms.